The zero-order valence-electron chi connectivity index (χ0n) is 14.1. The molecule has 0 bridgehead atoms. The van der Waals surface area contributed by atoms with Gasteiger partial charge in [0, 0.05) is 37.8 Å². The standard InChI is InChI=1S/C20H22FN3.ClH/c21-19-9-8-17(20-18(19)7-4-12-23-20)15-24(14-11-22)13-10-16-5-2-1-3-6-16;/h1-9,12H,10-11,13-15,22H2;1H. The van der Waals surface area contributed by atoms with Crippen LogP contribution in [0.15, 0.2) is 60.8 Å². The molecule has 3 aromatic rings. The fourth-order valence-corrected chi connectivity index (χ4v) is 2.95. The van der Waals surface area contributed by atoms with E-state index >= 15 is 0 Å². The Hall–Kier alpha value is -2.01. The normalized spacial score (nSPS) is 10.8. The lowest BCUT2D eigenvalue weighted by Gasteiger charge is -2.22. The van der Waals surface area contributed by atoms with Gasteiger partial charge in [0.2, 0.25) is 0 Å². The quantitative estimate of drug-likeness (QED) is 0.697. The first-order valence-electron chi connectivity index (χ1n) is 8.26. The Morgan fingerprint density at radius 1 is 0.960 bits per heavy atom. The summed E-state index contributed by atoms with van der Waals surface area (Å²) in [5.41, 5.74) is 8.85. The van der Waals surface area contributed by atoms with Crippen molar-refractivity contribution >= 4 is 23.3 Å². The van der Waals surface area contributed by atoms with E-state index in [1.54, 1.807) is 18.3 Å². The van der Waals surface area contributed by atoms with Gasteiger partial charge in [0.15, 0.2) is 0 Å². The maximum Gasteiger partial charge on any atom is 0.132 e. The second kappa shape index (κ2) is 9.47. The van der Waals surface area contributed by atoms with Crippen LogP contribution in [-0.2, 0) is 13.0 Å². The van der Waals surface area contributed by atoms with Crippen LogP contribution in [0.2, 0.25) is 0 Å². The van der Waals surface area contributed by atoms with Crippen molar-refractivity contribution in [1.29, 1.82) is 0 Å². The minimum absolute atomic E-state index is 0. The number of pyridine rings is 1. The van der Waals surface area contributed by atoms with Gasteiger partial charge in [-0.2, -0.15) is 0 Å². The predicted molar refractivity (Wildman–Crippen MR) is 103 cm³/mol. The Bertz CT molecular complexity index is 795. The number of hydrogen-bond acceptors (Lipinski definition) is 3. The van der Waals surface area contributed by atoms with Gasteiger partial charge in [0.05, 0.1) is 5.52 Å². The van der Waals surface area contributed by atoms with Gasteiger partial charge in [-0.3, -0.25) is 9.88 Å². The Morgan fingerprint density at radius 3 is 2.52 bits per heavy atom. The molecule has 0 aliphatic rings. The molecule has 0 radical (unpaired) electrons. The van der Waals surface area contributed by atoms with E-state index in [2.05, 4.69) is 34.1 Å². The highest BCUT2D eigenvalue weighted by Crippen LogP contribution is 2.21. The van der Waals surface area contributed by atoms with E-state index < -0.39 is 0 Å². The molecule has 0 saturated carbocycles. The highest BCUT2D eigenvalue weighted by Gasteiger charge is 2.11. The number of nitrogens with two attached hydrogens (primary N) is 1. The van der Waals surface area contributed by atoms with E-state index in [0.29, 0.717) is 11.9 Å². The van der Waals surface area contributed by atoms with Crippen molar-refractivity contribution < 1.29 is 4.39 Å². The molecule has 5 heteroatoms. The lowest BCUT2D eigenvalue weighted by atomic mass is 10.1. The molecular formula is C20H23ClFN3. The highest BCUT2D eigenvalue weighted by atomic mass is 35.5. The van der Waals surface area contributed by atoms with E-state index in [0.717, 1.165) is 37.1 Å². The van der Waals surface area contributed by atoms with Crippen molar-refractivity contribution in [2.75, 3.05) is 19.6 Å². The fourth-order valence-electron chi connectivity index (χ4n) is 2.95. The van der Waals surface area contributed by atoms with Crippen molar-refractivity contribution in [1.82, 2.24) is 9.88 Å². The lowest BCUT2D eigenvalue weighted by molar-refractivity contribution is 0.277. The predicted octanol–water partition coefficient (Wildman–Crippen LogP) is 3.80. The van der Waals surface area contributed by atoms with Crippen LogP contribution in [-0.4, -0.2) is 29.5 Å². The summed E-state index contributed by atoms with van der Waals surface area (Å²) in [4.78, 5) is 6.68. The van der Waals surface area contributed by atoms with E-state index in [-0.39, 0.29) is 18.2 Å². The van der Waals surface area contributed by atoms with Gasteiger partial charge in [-0.05, 0) is 35.7 Å². The van der Waals surface area contributed by atoms with Crippen molar-refractivity contribution in [2.24, 2.45) is 5.73 Å². The summed E-state index contributed by atoms with van der Waals surface area (Å²) in [7, 11) is 0. The lowest BCUT2D eigenvalue weighted by Crippen LogP contribution is -2.31. The first kappa shape index (κ1) is 19.3. The van der Waals surface area contributed by atoms with Crippen molar-refractivity contribution in [3.8, 4) is 0 Å². The third-order valence-electron chi connectivity index (χ3n) is 4.20. The number of rotatable bonds is 7. The fraction of sp³-hybridized carbons (Fsp3) is 0.250. The van der Waals surface area contributed by atoms with Crippen LogP contribution in [0.4, 0.5) is 4.39 Å². The zero-order valence-corrected chi connectivity index (χ0v) is 14.9. The topological polar surface area (TPSA) is 42.1 Å². The van der Waals surface area contributed by atoms with Crippen LogP contribution in [0, 0.1) is 5.82 Å². The van der Waals surface area contributed by atoms with Gasteiger partial charge in [0.25, 0.3) is 0 Å². The Kier molecular flexibility index (Phi) is 7.31. The maximum atomic E-state index is 13.9. The SMILES string of the molecule is Cl.NCCN(CCc1ccccc1)Cc1ccc(F)c2cccnc12. The van der Waals surface area contributed by atoms with Crippen molar-refractivity contribution in [3.05, 3.63) is 77.7 Å². The molecule has 0 fully saturated rings. The molecule has 1 aromatic heterocycles. The van der Waals surface area contributed by atoms with E-state index in [1.807, 2.05) is 12.1 Å². The first-order chi connectivity index (χ1) is 11.8. The molecule has 1 heterocycles. The van der Waals surface area contributed by atoms with Crippen LogP contribution < -0.4 is 5.73 Å². The van der Waals surface area contributed by atoms with Gasteiger partial charge in [-0.1, -0.05) is 36.4 Å². The molecule has 3 nitrogen and oxygen atoms in total. The number of nitrogens with zero attached hydrogens (tertiary/aromatic N) is 2. The molecule has 132 valence electrons. The summed E-state index contributed by atoms with van der Waals surface area (Å²) in [5.74, 6) is -0.225. The van der Waals surface area contributed by atoms with Crippen molar-refractivity contribution in [3.63, 3.8) is 0 Å². The largest absolute Gasteiger partial charge is 0.329 e. The number of halogens is 2. The molecule has 2 N–H and O–H groups in total. The van der Waals surface area contributed by atoms with Gasteiger partial charge in [-0.15, -0.1) is 12.4 Å². The average Bonchev–Trinajstić information content (AvgIpc) is 2.63. The third-order valence-corrected chi connectivity index (χ3v) is 4.20. The molecule has 0 aliphatic heterocycles. The van der Waals surface area contributed by atoms with E-state index in [9.17, 15) is 4.39 Å². The van der Waals surface area contributed by atoms with Crippen LogP contribution in [0.5, 0.6) is 0 Å². The minimum atomic E-state index is -0.225. The molecule has 3 rings (SSSR count). The molecule has 2 aromatic carbocycles. The van der Waals surface area contributed by atoms with Gasteiger partial charge in [0.1, 0.15) is 5.82 Å². The molecule has 0 saturated heterocycles. The van der Waals surface area contributed by atoms with Gasteiger partial charge in [-0.25, -0.2) is 4.39 Å². The number of benzene rings is 2. The molecule has 0 spiro atoms. The van der Waals surface area contributed by atoms with E-state index in [4.69, 9.17) is 5.73 Å². The second-order valence-electron chi connectivity index (χ2n) is 5.91. The van der Waals surface area contributed by atoms with E-state index in [1.165, 1.54) is 11.6 Å². The van der Waals surface area contributed by atoms with Crippen LogP contribution in [0.25, 0.3) is 10.9 Å². The average molecular weight is 360 g/mol. The summed E-state index contributed by atoms with van der Waals surface area (Å²) in [5, 5.41) is 0.575. The van der Waals surface area contributed by atoms with Gasteiger partial charge >= 0.3 is 0 Å². The summed E-state index contributed by atoms with van der Waals surface area (Å²) < 4.78 is 13.9. The van der Waals surface area contributed by atoms with Crippen molar-refractivity contribution in [2.45, 2.75) is 13.0 Å². The molecule has 0 unspecified atom stereocenters. The Morgan fingerprint density at radius 2 is 1.76 bits per heavy atom. The number of aromatic nitrogens is 1. The molecule has 0 atom stereocenters. The van der Waals surface area contributed by atoms with Crippen LogP contribution in [0.1, 0.15) is 11.1 Å². The monoisotopic (exact) mass is 359 g/mol. The summed E-state index contributed by atoms with van der Waals surface area (Å²) in [6, 6.07) is 17.3. The Labute approximate surface area is 154 Å². The van der Waals surface area contributed by atoms with Crippen LogP contribution >= 0.6 is 12.4 Å². The third kappa shape index (κ3) is 4.98. The highest BCUT2D eigenvalue weighted by molar-refractivity contribution is 5.85. The molecule has 25 heavy (non-hydrogen) atoms. The number of fused-ring (bicyclic) bond motifs is 1. The smallest absolute Gasteiger partial charge is 0.132 e. The number of hydrogen-bond donors (Lipinski definition) is 1. The van der Waals surface area contributed by atoms with Crippen LogP contribution in [0.3, 0.4) is 0 Å². The second-order valence-corrected chi connectivity index (χ2v) is 5.91. The summed E-state index contributed by atoms with van der Waals surface area (Å²) >= 11 is 0. The molecular weight excluding hydrogens is 337 g/mol. The minimum Gasteiger partial charge on any atom is -0.329 e. The summed E-state index contributed by atoms with van der Waals surface area (Å²) in [6.07, 6.45) is 2.68. The molecule has 0 aliphatic carbocycles. The summed E-state index contributed by atoms with van der Waals surface area (Å²) in [6.45, 7) is 3.03. The Balaban J connectivity index is 0.00000225. The maximum absolute atomic E-state index is 13.9. The first-order valence-corrected chi connectivity index (χ1v) is 8.26. The van der Waals surface area contributed by atoms with Gasteiger partial charge < -0.3 is 5.73 Å². The molecule has 0 amide bonds. The zero-order chi connectivity index (χ0) is 16.8.